The molecule has 3 rings (SSSR count). The van der Waals surface area contributed by atoms with Gasteiger partial charge in [-0.15, -0.1) is 0 Å². The Morgan fingerprint density at radius 3 is 2.71 bits per heavy atom. The van der Waals surface area contributed by atoms with Gasteiger partial charge in [0.25, 0.3) is 0 Å². The number of aryl methyl sites for hydroxylation is 2. The maximum Gasteiger partial charge on any atom is 0.355 e. The number of hydrogen-bond donors (Lipinski definition) is 1. The van der Waals surface area contributed by atoms with E-state index in [1.165, 1.54) is 17.1 Å². The Hall–Kier alpha value is -3.82. The molecule has 0 aliphatic carbocycles. The van der Waals surface area contributed by atoms with E-state index in [0.29, 0.717) is 22.6 Å². The number of nitrogens with one attached hydrogen (secondary N) is 1. The maximum atomic E-state index is 11.9. The molecule has 2 aromatic heterocycles. The zero-order valence-electron chi connectivity index (χ0n) is 15.5. The van der Waals surface area contributed by atoms with Crippen molar-refractivity contribution in [2.75, 3.05) is 11.9 Å². The highest BCUT2D eigenvalue weighted by Gasteiger charge is 2.26. The molecular weight excluding hydrogens is 364 g/mol. The van der Waals surface area contributed by atoms with E-state index in [1.54, 1.807) is 45.0 Å². The molecular formula is C18H18N6O4. The van der Waals surface area contributed by atoms with Crippen molar-refractivity contribution < 1.29 is 14.5 Å². The lowest BCUT2D eigenvalue weighted by Crippen LogP contribution is -2.10. The van der Waals surface area contributed by atoms with E-state index in [2.05, 4.69) is 20.4 Å². The fourth-order valence-corrected chi connectivity index (χ4v) is 2.70. The summed E-state index contributed by atoms with van der Waals surface area (Å²) in [4.78, 5) is 31.2. The standard InChI is InChI=1S/C18H18N6O4/c1-4-28-18(25)13-6-5-7-14(9-13)21-16-15(24(26)27)17(20-10-19-16)23-12(3)8-11(2)22-23/h5-10H,4H2,1-3H3,(H,19,20,21). The van der Waals surface area contributed by atoms with Crippen molar-refractivity contribution in [1.29, 1.82) is 0 Å². The van der Waals surface area contributed by atoms with E-state index in [4.69, 9.17) is 4.74 Å². The Balaban J connectivity index is 2.03. The average molecular weight is 382 g/mol. The summed E-state index contributed by atoms with van der Waals surface area (Å²) in [7, 11) is 0. The summed E-state index contributed by atoms with van der Waals surface area (Å²) in [6, 6.07) is 8.23. The lowest BCUT2D eigenvalue weighted by atomic mass is 10.2. The van der Waals surface area contributed by atoms with Crippen LogP contribution in [0.25, 0.3) is 5.82 Å². The number of carbonyl (C=O) groups excluding carboxylic acids is 1. The van der Waals surface area contributed by atoms with Gasteiger partial charge in [0.2, 0.25) is 11.6 Å². The first kappa shape index (κ1) is 19.0. The van der Waals surface area contributed by atoms with Crippen LogP contribution in [0.3, 0.4) is 0 Å². The van der Waals surface area contributed by atoms with Crippen molar-refractivity contribution in [3.63, 3.8) is 0 Å². The molecule has 0 aliphatic heterocycles. The molecule has 10 nitrogen and oxygen atoms in total. The van der Waals surface area contributed by atoms with Gasteiger partial charge in [0.15, 0.2) is 0 Å². The third-order valence-corrected chi connectivity index (χ3v) is 3.83. The minimum atomic E-state index is -0.566. The summed E-state index contributed by atoms with van der Waals surface area (Å²) in [5.74, 6) is -0.440. The maximum absolute atomic E-state index is 11.9. The van der Waals surface area contributed by atoms with Crippen LogP contribution in [-0.4, -0.2) is 37.2 Å². The molecule has 0 aliphatic rings. The smallest absolute Gasteiger partial charge is 0.355 e. The van der Waals surface area contributed by atoms with Gasteiger partial charge in [-0.1, -0.05) is 6.07 Å². The third kappa shape index (κ3) is 3.80. The first-order valence-electron chi connectivity index (χ1n) is 8.48. The van der Waals surface area contributed by atoms with Gasteiger partial charge in [-0.05, 0) is 45.0 Å². The van der Waals surface area contributed by atoms with Gasteiger partial charge in [0.05, 0.1) is 22.8 Å². The molecule has 0 fully saturated rings. The summed E-state index contributed by atoms with van der Waals surface area (Å²) in [6.45, 7) is 5.53. The van der Waals surface area contributed by atoms with Crippen molar-refractivity contribution >= 4 is 23.2 Å². The molecule has 0 saturated carbocycles. The van der Waals surface area contributed by atoms with Crippen molar-refractivity contribution in [2.45, 2.75) is 20.8 Å². The predicted octanol–water partition coefficient (Wildman–Crippen LogP) is 3.11. The van der Waals surface area contributed by atoms with E-state index >= 15 is 0 Å². The van der Waals surface area contributed by atoms with Crippen molar-refractivity contribution in [1.82, 2.24) is 19.7 Å². The number of esters is 1. The number of nitrogens with zero attached hydrogens (tertiary/aromatic N) is 5. The summed E-state index contributed by atoms with van der Waals surface area (Å²) >= 11 is 0. The van der Waals surface area contributed by atoms with Gasteiger partial charge >= 0.3 is 11.7 Å². The van der Waals surface area contributed by atoms with Crippen LogP contribution in [0, 0.1) is 24.0 Å². The highest BCUT2D eigenvalue weighted by atomic mass is 16.6. The van der Waals surface area contributed by atoms with Gasteiger partial charge in [-0.2, -0.15) is 5.10 Å². The van der Waals surface area contributed by atoms with Crippen LogP contribution < -0.4 is 5.32 Å². The summed E-state index contributed by atoms with van der Waals surface area (Å²) in [5.41, 5.74) is 1.86. The van der Waals surface area contributed by atoms with E-state index < -0.39 is 10.9 Å². The summed E-state index contributed by atoms with van der Waals surface area (Å²) < 4.78 is 6.37. The number of benzene rings is 1. The number of nitro groups is 1. The summed E-state index contributed by atoms with van der Waals surface area (Å²) in [5, 5.41) is 18.9. The van der Waals surface area contributed by atoms with Crippen molar-refractivity contribution in [3.05, 3.63) is 63.7 Å². The van der Waals surface area contributed by atoms with Gasteiger partial charge in [0.1, 0.15) is 6.33 Å². The minimum absolute atomic E-state index is 0.0106. The Morgan fingerprint density at radius 2 is 2.07 bits per heavy atom. The molecule has 2 heterocycles. The molecule has 0 amide bonds. The van der Waals surface area contributed by atoms with E-state index in [1.807, 2.05) is 0 Å². The normalized spacial score (nSPS) is 10.5. The molecule has 0 unspecified atom stereocenters. The molecule has 10 heteroatoms. The van der Waals surface area contributed by atoms with Crippen molar-refractivity contribution in [2.24, 2.45) is 0 Å². The van der Waals surface area contributed by atoms with E-state index in [0.717, 1.165) is 0 Å². The predicted molar refractivity (Wildman–Crippen MR) is 101 cm³/mol. The highest BCUT2D eigenvalue weighted by molar-refractivity contribution is 5.90. The Labute approximate surface area is 160 Å². The second kappa shape index (κ2) is 7.82. The fourth-order valence-electron chi connectivity index (χ4n) is 2.70. The molecule has 28 heavy (non-hydrogen) atoms. The van der Waals surface area contributed by atoms with Crippen LogP contribution in [-0.2, 0) is 4.74 Å². The fraction of sp³-hybridized carbons (Fsp3) is 0.222. The number of carbonyl (C=O) groups is 1. The van der Waals surface area contributed by atoms with E-state index in [-0.39, 0.29) is 23.9 Å². The summed E-state index contributed by atoms with van der Waals surface area (Å²) in [6.07, 6.45) is 1.22. The van der Waals surface area contributed by atoms with Crippen LogP contribution in [0.4, 0.5) is 17.2 Å². The van der Waals surface area contributed by atoms with Gasteiger partial charge < -0.3 is 10.1 Å². The quantitative estimate of drug-likeness (QED) is 0.392. The third-order valence-electron chi connectivity index (χ3n) is 3.83. The second-order valence-electron chi connectivity index (χ2n) is 5.92. The first-order valence-corrected chi connectivity index (χ1v) is 8.48. The van der Waals surface area contributed by atoms with E-state index in [9.17, 15) is 14.9 Å². The number of aromatic nitrogens is 4. The number of ether oxygens (including phenoxy) is 1. The highest BCUT2D eigenvalue weighted by Crippen LogP contribution is 2.30. The lowest BCUT2D eigenvalue weighted by Gasteiger charge is -2.10. The Kier molecular flexibility index (Phi) is 5.30. The molecule has 0 saturated heterocycles. The zero-order valence-corrected chi connectivity index (χ0v) is 15.5. The van der Waals surface area contributed by atoms with Gasteiger partial charge in [0, 0.05) is 11.4 Å². The topological polar surface area (TPSA) is 125 Å². The Bertz CT molecular complexity index is 1050. The van der Waals surface area contributed by atoms with Gasteiger partial charge in [-0.25, -0.2) is 19.4 Å². The SMILES string of the molecule is CCOC(=O)c1cccc(Nc2ncnc(-n3nc(C)cc3C)c2[N+](=O)[O-])c1. The van der Waals surface area contributed by atoms with Crippen molar-refractivity contribution in [3.8, 4) is 5.82 Å². The van der Waals surface area contributed by atoms with Crippen LogP contribution in [0.2, 0.25) is 0 Å². The molecule has 0 spiro atoms. The number of rotatable bonds is 6. The van der Waals surface area contributed by atoms with Crippen LogP contribution in [0.1, 0.15) is 28.7 Å². The largest absolute Gasteiger partial charge is 0.462 e. The average Bonchev–Trinajstić information content (AvgIpc) is 3.00. The number of hydrogen-bond acceptors (Lipinski definition) is 8. The second-order valence-corrected chi connectivity index (χ2v) is 5.92. The Morgan fingerprint density at radius 1 is 1.29 bits per heavy atom. The van der Waals surface area contributed by atoms with Crippen LogP contribution in [0.5, 0.6) is 0 Å². The molecule has 144 valence electrons. The molecule has 1 aromatic carbocycles. The molecule has 0 radical (unpaired) electrons. The molecule has 0 atom stereocenters. The molecule has 0 bridgehead atoms. The molecule has 1 N–H and O–H groups in total. The van der Waals surface area contributed by atoms with Crippen LogP contribution in [0.15, 0.2) is 36.7 Å². The minimum Gasteiger partial charge on any atom is -0.462 e. The first-order chi connectivity index (χ1) is 13.4. The monoisotopic (exact) mass is 382 g/mol. The zero-order chi connectivity index (χ0) is 20.3. The molecule has 3 aromatic rings. The number of anilines is 2. The van der Waals surface area contributed by atoms with Gasteiger partial charge in [-0.3, -0.25) is 10.1 Å². The van der Waals surface area contributed by atoms with Crippen LogP contribution >= 0.6 is 0 Å². The lowest BCUT2D eigenvalue weighted by molar-refractivity contribution is -0.384.